The van der Waals surface area contributed by atoms with Crippen molar-refractivity contribution in [1.29, 1.82) is 0 Å². The van der Waals surface area contributed by atoms with Crippen molar-refractivity contribution < 1.29 is 9.21 Å². The summed E-state index contributed by atoms with van der Waals surface area (Å²) in [6.07, 6.45) is 8.47. The Kier molecular flexibility index (Phi) is 3.14. The molecule has 0 fully saturated rings. The molecule has 0 atom stereocenters. The molecule has 0 unspecified atom stereocenters. The van der Waals surface area contributed by atoms with Crippen molar-refractivity contribution in [2.45, 2.75) is 12.8 Å². The molecule has 0 aliphatic carbocycles. The van der Waals surface area contributed by atoms with Gasteiger partial charge >= 0.3 is 0 Å². The van der Waals surface area contributed by atoms with E-state index in [9.17, 15) is 4.79 Å². The van der Waals surface area contributed by atoms with E-state index in [0.29, 0.717) is 5.76 Å². The maximum absolute atomic E-state index is 12.2. The third-order valence-electron chi connectivity index (χ3n) is 3.15. The van der Waals surface area contributed by atoms with E-state index in [1.807, 2.05) is 18.2 Å². The number of anilines is 1. The van der Waals surface area contributed by atoms with E-state index >= 15 is 0 Å². The Morgan fingerprint density at radius 1 is 1.37 bits per heavy atom. The summed E-state index contributed by atoms with van der Waals surface area (Å²) in [4.78, 5) is 18.3. The van der Waals surface area contributed by atoms with Crippen molar-refractivity contribution in [3.05, 3.63) is 54.3 Å². The van der Waals surface area contributed by atoms with Gasteiger partial charge in [0.1, 0.15) is 5.76 Å². The number of fused-ring (bicyclic) bond motifs is 1. The minimum Gasteiger partial charge on any atom is -0.465 e. The standard InChI is InChI=1S/C15H14N2O2/c18-15(8-7-12-4-3-11-19-12)17-10-2-5-13-14(17)6-1-9-16-13/h1,3-4,6-9,11H,2,5,10H2. The van der Waals surface area contributed by atoms with E-state index in [2.05, 4.69) is 4.98 Å². The number of aryl methyl sites for hydroxylation is 1. The molecule has 3 rings (SSSR count). The first kappa shape index (κ1) is 11.7. The lowest BCUT2D eigenvalue weighted by atomic mass is 10.1. The first-order chi connectivity index (χ1) is 9.34. The van der Waals surface area contributed by atoms with Crippen LogP contribution in [-0.2, 0) is 11.2 Å². The molecule has 1 aliphatic heterocycles. The monoisotopic (exact) mass is 254 g/mol. The van der Waals surface area contributed by atoms with Gasteiger partial charge in [0.15, 0.2) is 0 Å². The molecule has 19 heavy (non-hydrogen) atoms. The second-order valence-corrected chi connectivity index (χ2v) is 4.41. The quantitative estimate of drug-likeness (QED) is 0.774. The number of carbonyl (C=O) groups excluding carboxylic acids is 1. The Morgan fingerprint density at radius 3 is 3.16 bits per heavy atom. The highest BCUT2D eigenvalue weighted by Crippen LogP contribution is 2.25. The van der Waals surface area contributed by atoms with E-state index in [4.69, 9.17) is 4.42 Å². The van der Waals surface area contributed by atoms with E-state index in [1.54, 1.807) is 35.6 Å². The topological polar surface area (TPSA) is 46.3 Å². The van der Waals surface area contributed by atoms with Gasteiger partial charge in [-0.1, -0.05) is 0 Å². The maximum atomic E-state index is 12.2. The third kappa shape index (κ3) is 2.42. The predicted octanol–water partition coefficient (Wildman–Crippen LogP) is 2.67. The maximum Gasteiger partial charge on any atom is 0.251 e. The van der Waals surface area contributed by atoms with Crippen LogP contribution < -0.4 is 4.90 Å². The van der Waals surface area contributed by atoms with Gasteiger partial charge in [-0.15, -0.1) is 0 Å². The van der Waals surface area contributed by atoms with Crippen LogP contribution in [-0.4, -0.2) is 17.4 Å². The molecule has 0 saturated carbocycles. The smallest absolute Gasteiger partial charge is 0.251 e. The minimum atomic E-state index is -0.0367. The highest BCUT2D eigenvalue weighted by molar-refractivity contribution is 6.04. The van der Waals surface area contributed by atoms with Gasteiger partial charge < -0.3 is 9.32 Å². The van der Waals surface area contributed by atoms with Crippen molar-refractivity contribution >= 4 is 17.7 Å². The zero-order chi connectivity index (χ0) is 13.1. The lowest BCUT2D eigenvalue weighted by Crippen LogP contribution is -2.34. The van der Waals surface area contributed by atoms with Gasteiger partial charge in [-0.2, -0.15) is 0 Å². The fourth-order valence-corrected chi connectivity index (χ4v) is 2.25. The van der Waals surface area contributed by atoms with Crippen molar-refractivity contribution in [1.82, 2.24) is 4.98 Å². The number of rotatable bonds is 2. The fraction of sp³-hybridized carbons (Fsp3) is 0.200. The molecule has 0 radical (unpaired) electrons. The van der Waals surface area contributed by atoms with Gasteiger partial charge in [-0.05, 0) is 43.2 Å². The molecule has 0 N–H and O–H groups in total. The Bertz CT molecular complexity index is 602. The van der Waals surface area contributed by atoms with Crippen LogP contribution >= 0.6 is 0 Å². The van der Waals surface area contributed by atoms with Gasteiger partial charge in [0.2, 0.25) is 0 Å². The number of carbonyl (C=O) groups is 1. The number of amides is 1. The van der Waals surface area contributed by atoms with E-state index in [-0.39, 0.29) is 5.91 Å². The molecule has 0 spiro atoms. The molecule has 4 heteroatoms. The van der Waals surface area contributed by atoms with Crippen LogP contribution in [0.3, 0.4) is 0 Å². The van der Waals surface area contributed by atoms with E-state index < -0.39 is 0 Å². The van der Waals surface area contributed by atoms with Crippen LogP contribution in [0.4, 0.5) is 5.69 Å². The van der Waals surface area contributed by atoms with Gasteiger partial charge in [-0.25, -0.2) is 0 Å². The summed E-state index contributed by atoms with van der Waals surface area (Å²) in [5, 5.41) is 0. The minimum absolute atomic E-state index is 0.0367. The van der Waals surface area contributed by atoms with Crippen LogP contribution in [0.2, 0.25) is 0 Å². The van der Waals surface area contributed by atoms with Crippen LogP contribution in [0.15, 0.2) is 47.2 Å². The average Bonchev–Trinajstić information content (AvgIpc) is 2.97. The molecule has 96 valence electrons. The third-order valence-corrected chi connectivity index (χ3v) is 3.15. The number of nitrogens with zero attached hydrogens (tertiary/aromatic N) is 2. The molecule has 3 heterocycles. The normalized spacial score (nSPS) is 14.6. The lowest BCUT2D eigenvalue weighted by Gasteiger charge is -2.27. The SMILES string of the molecule is O=C(C=Cc1ccco1)N1CCCc2ncccc21. The van der Waals surface area contributed by atoms with Crippen LogP contribution in [0.1, 0.15) is 17.9 Å². The van der Waals surface area contributed by atoms with Crippen LogP contribution in [0.5, 0.6) is 0 Å². The molecule has 1 aliphatic rings. The first-order valence-electron chi connectivity index (χ1n) is 6.31. The lowest BCUT2D eigenvalue weighted by molar-refractivity contribution is -0.114. The molecule has 0 saturated heterocycles. The molecule has 2 aromatic heterocycles. The Balaban J connectivity index is 1.81. The average molecular weight is 254 g/mol. The van der Waals surface area contributed by atoms with Gasteiger partial charge in [0, 0.05) is 18.8 Å². The number of hydrogen-bond acceptors (Lipinski definition) is 3. The van der Waals surface area contributed by atoms with E-state index in [1.165, 1.54) is 0 Å². The largest absolute Gasteiger partial charge is 0.465 e. The van der Waals surface area contributed by atoms with Gasteiger partial charge in [0.25, 0.3) is 5.91 Å². The number of aromatic nitrogens is 1. The molecule has 4 nitrogen and oxygen atoms in total. The van der Waals surface area contributed by atoms with Crippen molar-refractivity contribution in [2.24, 2.45) is 0 Å². The highest BCUT2D eigenvalue weighted by atomic mass is 16.3. The van der Waals surface area contributed by atoms with Gasteiger partial charge in [0.05, 0.1) is 17.6 Å². The molecule has 2 aromatic rings. The summed E-state index contributed by atoms with van der Waals surface area (Å²) in [7, 11) is 0. The molecule has 1 amide bonds. The molecular formula is C15H14N2O2. The van der Waals surface area contributed by atoms with Crippen LogP contribution in [0, 0.1) is 0 Å². The summed E-state index contributed by atoms with van der Waals surface area (Å²) in [6, 6.07) is 7.42. The van der Waals surface area contributed by atoms with Gasteiger partial charge in [-0.3, -0.25) is 9.78 Å². The summed E-state index contributed by atoms with van der Waals surface area (Å²) in [6.45, 7) is 0.736. The summed E-state index contributed by atoms with van der Waals surface area (Å²) in [5.41, 5.74) is 1.91. The second kappa shape index (κ2) is 5.10. The van der Waals surface area contributed by atoms with Crippen molar-refractivity contribution in [2.75, 3.05) is 11.4 Å². The Hall–Kier alpha value is -2.36. The predicted molar refractivity (Wildman–Crippen MR) is 72.7 cm³/mol. The molecular weight excluding hydrogens is 240 g/mol. The Morgan fingerprint density at radius 2 is 2.32 bits per heavy atom. The summed E-state index contributed by atoms with van der Waals surface area (Å²) >= 11 is 0. The van der Waals surface area contributed by atoms with Crippen molar-refractivity contribution in [3.63, 3.8) is 0 Å². The number of furan rings is 1. The number of hydrogen-bond donors (Lipinski definition) is 0. The number of pyridine rings is 1. The first-order valence-corrected chi connectivity index (χ1v) is 6.31. The van der Waals surface area contributed by atoms with E-state index in [0.717, 1.165) is 30.8 Å². The summed E-state index contributed by atoms with van der Waals surface area (Å²) in [5.74, 6) is 0.641. The van der Waals surface area contributed by atoms with Crippen molar-refractivity contribution in [3.8, 4) is 0 Å². The highest BCUT2D eigenvalue weighted by Gasteiger charge is 2.21. The second-order valence-electron chi connectivity index (χ2n) is 4.41. The fourth-order valence-electron chi connectivity index (χ4n) is 2.25. The molecule has 0 aromatic carbocycles. The zero-order valence-corrected chi connectivity index (χ0v) is 10.5. The molecule has 0 bridgehead atoms. The summed E-state index contributed by atoms with van der Waals surface area (Å²) < 4.78 is 5.17. The van der Waals surface area contributed by atoms with Crippen LogP contribution in [0.25, 0.3) is 6.08 Å². The Labute approximate surface area is 111 Å². The zero-order valence-electron chi connectivity index (χ0n) is 10.5.